The zero-order valence-corrected chi connectivity index (χ0v) is 5.92. The quantitative estimate of drug-likeness (QED) is 0.636. The SMILES string of the molecule is C=CC(=O)Nc1cc2ccc1=2. The molecule has 0 spiro atoms. The van der Waals surface area contributed by atoms with Crippen LogP contribution in [0.1, 0.15) is 0 Å². The van der Waals surface area contributed by atoms with Gasteiger partial charge in [-0.2, -0.15) is 0 Å². The van der Waals surface area contributed by atoms with Gasteiger partial charge in [-0.3, -0.25) is 4.79 Å². The highest BCUT2D eigenvalue weighted by Crippen LogP contribution is 2.20. The Morgan fingerprint density at radius 1 is 1.55 bits per heavy atom. The number of nitrogens with one attached hydrogen (secondary N) is 1. The monoisotopic (exact) mass is 145 g/mol. The minimum Gasteiger partial charge on any atom is -0.322 e. The van der Waals surface area contributed by atoms with E-state index >= 15 is 0 Å². The zero-order valence-electron chi connectivity index (χ0n) is 5.92. The topological polar surface area (TPSA) is 29.1 Å². The lowest BCUT2D eigenvalue weighted by molar-refractivity contribution is -0.111. The van der Waals surface area contributed by atoms with Crippen LogP contribution in [0.5, 0.6) is 0 Å². The molecule has 2 aliphatic carbocycles. The lowest BCUT2D eigenvalue weighted by Crippen LogP contribution is -2.10. The van der Waals surface area contributed by atoms with Crippen LogP contribution in [-0.2, 0) is 4.79 Å². The van der Waals surface area contributed by atoms with Gasteiger partial charge < -0.3 is 5.32 Å². The molecule has 0 aliphatic heterocycles. The van der Waals surface area contributed by atoms with Crippen LogP contribution in [0.2, 0.25) is 0 Å². The van der Waals surface area contributed by atoms with Gasteiger partial charge in [0, 0.05) is 10.9 Å². The summed E-state index contributed by atoms with van der Waals surface area (Å²) >= 11 is 0. The third-order valence-electron chi connectivity index (χ3n) is 1.77. The second-order valence-corrected chi connectivity index (χ2v) is 2.45. The molecular formula is C9H7NO. The molecule has 11 heavy (non-hydrogen) atoms. The summed E-state index contributed by atoms with van der Waals surface area (Å²) < 4.78 is 0. The smallest absolute Gasteiger partial charge is 0.247 e. The van der Waals surface area contributed by atoms with Crippen molar-refractivity contribution in [2.24, 2.45) is 0 Å². The van der Waals surface area contributed by atoms with Gasteiger partial charge in [0.1, 0.15) is 0 Å². The van der Waals surface area contributed by atoms with Crippen molar-refractivity contribution in [3.05, 3.63) is 41.3 Å². The predicted octanol–water partition coefficient (Wildman–Crippen LogP) is 1.41. The number of hydrogen-bond donors (Lipinski definition) is 1. The van der Waals surface area contributed by atoms with E-state index in [-0.39, 0.29) is 5.91 Å². The van der Waals surface area contributed by atoms with Gasteiger partial charge in [0.2, 0.25) is 5.91 Å². The van der Waals surface area contributed by atoms with Crippen molar-refractivity contribution in [1.29, 1.82) is 0 Å². The zero-order chi connectivity index (χ0) is 7.84. The van der Waals surface area contributed by atoms with E-state index in [1.54, 1.807) is 0 Å². The second kappa shape index (κ2) is 1.95. The normalized spacial score (nSPS) is 10.5. The summed E-state index contributed by atoms with van der Waals surface area (Å²) in [5, 5.41) is 5.07. The fraction of sp³-hybridized carbons (Fsp3) is 0. The summed E-state index contributed by atoms with van der Waals surface area (Å²) in [6, 6.07) is 5.93. The van der Waals surface area contributed by atoms with E-state index in [0.29, 0.717) is 0 Å². The van der Waals surface area contributed by atoms with Crippen molar-refractivity contribution in [2.75, 3.05) is 5.32 Å². The van der Waals surface area contributed by atoms with Gasteiger partial charge >= 0.3 is 0 Å². The molecule has 0 bridgehead atoms. The first kappa shape index (κ1) is 6.16. The van der Waals surface area contributed by atoms with E-state index in [2.05, 4.69) is 11.9 Å². The first-order valence-electron chi connectivity index (χ1n) is 3.39. The maximum atomic E-state index is 10.8. The summed E-state index contributed by atoms with van der Waals surface area (Å²) in [5.41, 5.74) is 0.910. The van der Waals surface area contributed by atoms with Crippen molar-refractivity contribution >= 4 is 11.6 Å². The van der Waals surface area contributed by atoms with Crippen LogP contribution in [0.15, 0.2) is 30.9 Å². The molecule has 2 nitrogen and oxygen atoms in total. The van der Waals surface area contributed by atoms with Gasteiger partial charge in [-0.25, -0.2) is 0 Å². The molecule has 2 heteroatoms. The van der Waals surface area contributed by atoms with E-state index in [1.165, 1.54) is 11.3 Å². The van der Waals surface area contributed by atoms with Crippen LogP contribution in [0.3, 0.4) is 0 Å². The standard InChI is InChI=1S/C9H7NO/c1-2-9(11)10-8-5-6-3-4-7(6)8/h2-5H,1H2,(H,10,11). The summed E-state index contributed by atoms with van der Waals surface area (Å²) in [6.45, 7) is 3.36. The Bertz CT molecular complexity index is 420. The van der Waals surface area contributed by atoms with Gasteiger partial charge in [0.05, 0.1) is 0 Å². The summed E-state index contributed by atoms with van der Waals surface area (Å²) in [5.74, 6) is -0.150. The van der Waals surface area contributed by atoms with E-state index in [4.69, 9.17) is 0 Å². The third kappa shape index (κ3) is 0.759. The van der Waals surface area contributed by atoms with Crippen LogP contribution in [0, 0.1) is 10.4 Å². The molecule has 0 atom stereocenters. The van der Waals surface area contributed by atoms with Crippen LogP contribution in [0.25, 0.3) is 0 Å². The maximum Gasteiger partial charge on any atom is 0.247 e. The maximum absolute atomic E-state index is 10.8. The lowest BCUT2D eigenvalue weighted by atomic mass is 10.0. The molecule has 0 aromatic carbocycles. The molecule has 0 unspecified atom stereocenters. The Kier molecular flexibility index (Phi) is 1.09. The summed E-state index contributed by atoms with van der Waals surface area (Å²) in [4.78, 5) is 10.8. The van der Waals surface area contributed by atoms with Crippen LogP contribution < -0.4 is 5.32 Å². The molecule has 1 N–H and O–H groups in total. The van der Waals surface area contributed by atoms with Crippen LogP contribution in [0.4, 0.5) is 5.69 Å². The second-order valence-electron chi connectivity index (χ2n) is 2.45. The average molecular weight is 145 g/mol. The third-order valence-corrected chi connectivity index (χ3v) is 1.77. The Balaban J connectivity index is 2.18. The molecule has 2 aliphatic rings. The molecule has 0 radical (unpaired) electrons. The van der Waals surface area contributed by atoms with Crippen molar-refractivity contribution in [2.45, 2.75) is 0 Å². The number of amides is 1. The van der Waals surface area contributed by atoms with Crippen molar-refractivity contribution < 1.29 is 4.79 Å². The van der Waals surface area contributed by atoms with Crippen molar-refractivity contribution in [3.8, 4) is 0 Å². The fourth-order valence-corrected chi connectivity index (χ4v) is 1.08. The molecule has 0 heterocycles. The summed E-state index contributed by atoms with van der Waals surface area (Å²) in [6.07, 6.45) is 1.27. The molecule has 2 rings (SSSR count). The van der Waals surface area contributed by atoms with Gasteiger partial charge in [-0.05, 0) is 17.4 Å². The van der Waals surface area contributed by atoms with E-state index in [0.717, 1.165) is 10.9 Å². The fourth-order valence-electron chi connectivity index (χ4n) is 1.08. The first-order chi connectivity index (χ1) is 5.31. The summed E-state index contributed by atoms with van der Waals surface area (Å²) in [7, 11) is 0. The molecule has 1 amide bonds. The van der Waals surface area contributed by atoms with Gasteiger partial charge in [-0.1, -0.05) is 18.7 Å². The van der Waals surface area contributed by atoms with Crippen LogP contribution >= 0.6 is 0 Å². The molecule has 54 valence electrons. The number of benzene rings is 1. The predicted molar refractivity (Wildman–Crippen MR) is 42.9 cm³/mol. The first-order valence-corrected chi connectivity index (χ1v) is 3.39. The Labute approximate surface area is 63.9 Å². The minimum atomic E-state index is -0.150. The molecule has 0 saturated carbocycles. The van der Waals surface area contributed by atoms with Crippen molar-refractivity contribution in [1.82, 2.24) is 0 Å². The minimum absolute atomic E-state index is 0.150. The average Bonchev–Trinajstić information content (AvgIpc) is 1.98. The number of hydrogen-bond acceptors (Lipinski definition) is 1. The molecular weight excluding hydrogens is 138 g/mol. The number of carbonyl (C=O) groups excluding carboxylic acids is 1. The Morgan fingerprint density at radius 3 is 2.73 bits per heavy atom. The van der Waals surface area contributed by atoms with Crippen LogP contribution in [-0.4, -0.2) is 5.91 Å². The Morgan fingerprint density at radius 2 is 2.36 bits per heavy atom. The number of carbonyl (C=O) groups is 1. The molecule has 0 fully saturated rings. The van der Waals surface area contributed by atoms with Crippen molar-refractivity contribution in [3.63, 3.8) is 0 Å². The van der Waals surface area contributed by atoms with E-state index in [9.17, 15) is 4.79 Å². The molecule has 0 aromatic heterocycles. The van der Waals surface area contributed by atoms with Gasteiger partial charge in [-0.15, -0.1) is 0 Å². The molecule has 0 aromatic rings. The Hall–Kier alpha value is -1.57. The number of rotatable bonds is 2. The van der Waals surface area contributed by atoms with Gasteiger partial charge in [0.15, 0.2) is 0 Å². The highest BCUT2D eigenvalue weighted by molar-refractivity contribution is 5.99. The molecule has 0 saturated heterocycles. The number of anilines is 1. The van der Waals surface area contributed by atoms with E-state index in [1.807, 2.05) is 18.2 Å². The lowest BCUT2D eigenvalue weighted by Gasteiger charge is -2.10. The largest absolute Gasteiger partial charge is 0.322 e. The van der Waals surface area contributed by atoms with Gasteiger partial charge in [0.25, 0.3) is 0 Å². The van der Waals surface area contributed by atoms with E-state index < -0.39 is 0 Å². The highest BCUT2D eigenvalue weighted by atomic mass is 16.1. The highest BCUT2D eigenvalue weighted by Gasteiger charge is 2.06.